The van der Waals surface area contributed by atoms with Gasteiger partial charge in [-0.3, -0.25) is 0 Å². The van der Waals surface area contributed by atoms with Gasteiger partial charge in [0.1, 0.15) is 0 Å². The molecule has 3 heteroatoms. The Hall–Kier alpha value is -0.510. The minimum Gasteiger partial charge on any atom is -0.314 e. The van der Waals surface area contributed by atoms with Gasteiger partial charge in [-0.1, -0.05) is 24.6 Å². The lowest BCUT2D eigenvalue weighted by molar-refractivity contribution is 0.326. The molecule has 0 radical (unpaired) electrons. The van der Waals surface area contributed by atoms with E-state index in [9.17, 15) is 0 Å². The maximum absolute atomic E-state index is 3.87. The zero-order chi connectivity index (χ0) is 13.8. The molecule has 3 unspecified atom stereocenters. The van der Waals surface area contributed by atoms with Crippen molar-refractivity contribution in [2.45, 2.75) is 62.0 Å². The molecule has 0 aliphatic carbocycles. The number of piperidine rings is 1. The van der Waals surface area contributed by atoms with Gasteiger partial charge in [0, 0.05) is 23.0 Å². The molecule has 0 spiro atoms. The van der Waals surface area contributed by atoms with Gasteiger partial charge >= 0.3 is 0 Å². The molecule has 0 bridgehead atoms. The highest BCUT2D eigenvalue weighted by Crippen LogP contribution is 2.36. The van der Waals surface area contributed by atoms with Gasteiger partial charge in [0.2, 0.25) is 0 Å². The molecule has 1 saturated heterocycles. The molecule has 2 heterocycles. The van der Waals surface area contributed by atoms with Crippen LogP contribution in [-0.4, -0.2) is 24.4 Å². The molecular weight excluding hydrogens is 264 g/mol. The second-order valence-electron chi connectivity index (χ2n) is 6.18. The van der Waals surface area contributed by atoms with E-state index in [1.54, 1.807) is 0 Å². The van der Waals surface area contributed by atoms with Crippen LogP contribution in [0.1, 0.15) is 50.6 Å². The summed E-state index contributed by atoms with van der Waals surface area (Å²) < 4.78 is 0. The third-order valence-corrected chi connectivity index (χ3v) is 5.62. The number of benzene rings is 1. The molecule has 2 aliphatic rings. The van der Waals surface area contributed by atoms with Crippen molar-refractivity contribution in [2.24, 2.45) is 0 Å². The van der Waals surface area contributed by atoms with Crippen LogP contribution in [0.15, 0.2) is 29.2 Å². The van der Waals surface area contributed by atoms with Crippen LogP contribution >= 0.6 is 11.8 Å². The first-order chi connectivity index (χ1) is 9.83. The van der Waals surface area contributed by atoms with Gasteiger partial charge < -0.3 is 10.6 Å². The Morgan fingerprint density at radius 1 is 1.30 bits per heavy atom. The molecule has 1 aromatic rings. The molecule has 110 valence electrons. The minimum absolute atomic E-state index is 0.547. The van der Waals surface area contributed by atoms with E-state index in [1.165, 1.54) is 54.9 Å². The van der Waals surface area contributed by atoms with Crippen LogP contribution in [0, 0.1) is 0 Å². The fourth-order valence-corrected chi connectivity index (χ4v) is 4.60. The van der Waals surface area contributed by atoms with E-state index >= 15 is 0 Å². The fourth-order valence-electron chi connectivity index (χ4n) is 3.48. The Kier molecular flexibility index (Phi) is 5.03. The molecule has 0 aromatic heterocycles. The van der Waals surface area contributed by atoms with Crippen molar-refractivity contribution < 1.29 is 0 Å². The van der Waals surface area contributed by atoms with Crippen molar-refractivity contribution in [2.75, 3.05) is 12.3 Å². The molecule has 3 atom stereocenters. The average Bonchev–Trinajstić information content (AvgIpc) is 2.48. The average molecular weight is 290 g/mol. The summed E-state index contributed by atoms with van der Waals surface area (Å²) in [6, 6.07) is 10.7. The number of hydrogen-bond acceptors (Lipinski definition) is 3. The molecule has 2 aliphatic heterocycles. The lowest BCUT2D eigenvalue weighted by atomic mass is 9.97. The predicted octanol–water partition coefficient (Wildman–Crippen LogP) is 3.73. The quantitative estimate of drug-likeness (QED) is 0.883. The molecule has 0 amide bonds. The molecule has 0 saturated carbocycles. The van der Waals surface area contributed by atoms with Crippen molar-refractivity contribution in [3.63, 3.8) is 0 Å². The van der Waals surface area contributed by atoms with Crippen molar-refractivity contribution in [1.29, 1.82) is 0 Å². The Bertz CT molecular complexity index is 429. The van der Waals surface area contributed by atoms with Crippen LogP contribution in [0.4, 0.5) is 0 Å². The molecule has 20 heavy (non-hydrogen) atoms. The predicted molar refractivity (Wildman–Crippen MR) is 87.4 cm³/mol. The van der Waals surface area contributed by atoms with Crippen LogP contribution in [0.2, 0.25) is 0 Å². The van der Waals surface area contributed by atoms with Crippen LogP contribution in [-0.2, 0) is 0 Å². The molecule has 1 fully saturated rings. The highest BCUT2D eigenvalue weighted by atomic mass is 32.2. The lowest BCUT2D eigenvalue weighted by Crippen LogP contribution is -2.41. The van der Waals surface area contributed by atoms with Crippen LogP contribution in [0.5, 0.6) is 0 Å². The van der Waals surface area contributed by atoms with E-state index in [-0.39, 0.29) is 0 Å². The molecule has 1 aromatic carbocycles. The summed E-state index contributed by atoms with van der Waals surface area (Å²) in [5, 5.41) is 7.53. The Balaban J connectivity index is 1.57. The van der Waals surface area contributed by atoms with Crippen molar-refractivity contribution in [3.8, 4) is 0 Å². The molecular formula is C17H26N2S. The number of fused-ring (bicyclic) bond motifs is 1. The van der Waals surface area contributed by atoms with Gasteiger partial charge in [-0.15, -0.1) is 11.8 Å². The first-order valence-corrected chi connectivity index (χ1v) is 9.02. The Morgan fingerprint density at radius 2 is 2.20 bits per heavy atom. The number of thioether (sulfide) groups is 1. The van der Waals surface area contributed by atoms with E-state index in [0.717, 1.165) is 6.04 Å². The van der Waals surface area contributed by atoms with E-state index in [0.29, 0.717) is 12.1 Å². The van der Waals surface area contributed by atoms with Crippen molar-refractivity contribution in [3.05, 3.63) is 29.8 Å². The maximum Gasteiger partial charge on any atom is 0.0341 e. The zero-order valence-corrected chi connectivity index (χ0v) is 13.2. The highest BCUT2D eigenvalue weighted by molar-refractivity contribution is 7.99. The minimum atomic E-state index is 0.547. The number of rotatable bonds is 4. The van der Waals surface area contributed by atoms with E-state index < -0.39 is 0 Å². The largest absolute Gasteiger partial charge is 0.314 e. The third kappa shape index (κ3) is 3.57. The standard InChI is InChI=1S/C17H26N2S/c1-13(12-14-6-4-5-10-18-14)19-16-9-11-20-17-8-3-2-7-15(16)17/h2-3,7-8,13-14,16,18-19H,4-6,9-12H2,1H3. The normalized spacial score (nSPS) is 27.9. The monoisotopic (exact) mass is 290 g/mol. The fraction of sp³-hybridized carbons (Fsp3) is 0.647. The second-order valence-corrected chi connectivity index (χ2v) is 7.31. The van der Waals surface area contributed by atoms with E-state index in [2.05, 4.69) is 41.8 Å². The summed E-state index contributed by atoms with van der Waals surface area (Å²) in [6.45, 7) is 3.56. The summed E-state index contributed by atoms with van der Waals surface area (Å²) in [7, 11) is 0. The van der Waals surface area contributed by atoms with Crippen LogP contribution < -0.4 is 10.6 Å². The first-order valence-electron chi connectivity index (χ1n) is 8.04. The highest BCUT2D eigenvalue weighted by Gasteiger charge is 2.23. The smallest absolute Gasteiger partial charge is 0.0341 e. The molecule has 2 nitrogen and oxygen atoms in total. The van der Waals surface area contributed by atoms with Crippen molar-refractivity contribution in [1.82, 2.24) is 10.6 Å². The maximum atomic E-state index is 3.87. The number of nitrogens with one attached hydrogen (secondary N) is 2. The van der Waals surface area contributed by atoms with Crippen LogP contribution in [0.25, 0.3) is 0 Å². The van der Waals surface area contributed by atoms with Gasteiger partial charge in [-0.25, -0.2) is 0 Å². The Labute approximate surface area is 127 Å². The SMILES string of the molecule is CC(CC1CCCCN1)NC1CCSc2ccccc21. The van der Waals surface area contributed by atoms with Gasteiger partial charge in [-0.2, -0.15) is 0 Å². The topological polar surface area (TPSA) is 24.1 Å². The van der Waals surface area contributed by atoms with E-state index in [1.807, 2.05) is 11.8 Å². The number of hydrogen-bond donors (Lipinski definition) is 2. The van der Waals surface area contributed by atoms with Crippen LogP contribution in [0.3, 0.4) is 0 Å². The first kappa shape index (κ1) is 14.4. The second kappa shape index (κ2) is 6.97. The third-order valence-electron chi connectivity index (χ3n) is 4.49. The van der Waals surface area contributed by atoms with Gasteiger partial charge in [-0.05, 0) is 56.5 Å². The summed E-state index contributed by atoms with van der Waals surface area (Å²) in [5.74, 6) is 1.24. The Morgan fingerprint density at radius 3 is 3.05 bits per heavy atom. The summed E-state index contributed by atoms with van der Waals surface area (Å²) in [6.07, 6.45) is 6.61. The lowest BCUT2D eigenvalue weighted by Gasteiger charge is -2.31. The van der Waals surface area contributed by atoms with Gasteiger partial charge in [0.15, 0.2) is 0 Å². The summed E-state index contributed by atoms with van der Waals surface area (Å²) in [4.78, 5) is 1.47. The van der Waals surface area contributed by atoms with E-state index in [4.69, 9.17) is 0 Å². The molecule has 2 N–H and O–H groups in total. The zero-order valence-electron chi connectivity index (χ0n) is 12.4. The van der Waals surface area contributed by atoms with Gasteiger partial charge in [0.05, 0.1) is 0 Å². The molecule has 3 rings (SSSR count). The summed E-state index contributed by atoms with van der Waals surface area (Å²) >= 11 is 2.00. The van der Waals surface area contributed by atoms with Gasteiger partial charge in [0.25, 0.3) is 0 Å². The van der Waals surface area contributed by atoms with Crippen molar-refractivity contribution >= 4 is 11.8 Å². The summed E-state index contributed by atoms with van der Waals surface area (Å²) in [5.41, 5.74) is 1.51.